The van der Waals surface area contributed by atoms with E-state index >= 15 is 0 Å². The topological polar surface area (TPSA) is 42.7 Å². The molecule has 0 fully saturated rings. The van der Waals surface area contributed by atoms with Crippen molar-refractivity contribution in [3.05, 3.63) is 46.5 Å². The highest BCUT2D eigenvalue weighted by Gasteiger charge is 2.09. The highest BCUT2D eigenvalue weighted by atomic mass is 79.9. The molecule has 0 aliphatic heterocycles. The van der Waals surface area contributed by atoms with Gasteiger partial charge in [-0.15, -0.1) is 0 Å². The van der Waals surface area contributed by atoms with E-state index in [1.54, 1.807) is 11.0 Å². The maximum Gasteiger partial charge on any atom is 0.164 e. The second-order valence-electron chi connectivity index (χ2n) is 3.96. The van der Waals surface area contributed by atoms with Gasteiger partial charge in [0.15, 0.2) is 5.82 Å². The molecule has 17 heavy (non-hydrogen) atoms. The zero-order chi connectivity index (χ0) is 12.3. The lowest BCUT2D eigenvalue weighted by molar-refractivity contribution is 0.554. The summed E-state index contributed by atoms with van der Waals surface area (Å²) >= 11 is 3.55. The van der Waals surface area contributed by atoms with E-state index in [-0.39, 0.29) is 6.04 Å². The molecule has 5 heteroatoms. The Kier molecular flexibility index (Phi) is 3.91. The number of hydrogen-bond acceptors (Lipinski definition) is 3. The molecule has 0 spiro atoms. The first-order chi connectivity index (χ1) is 8.16. The Balaban J connectivity index is 1.98. The Labute approximate surface area is 109 Å². The van der Waals surface area contributed by atoms with Gasteiger partial charge in [-0.05, 0) is 18.6 Å². The van der Waals surface area contributed by atoms with E-state index in [1.165, 1.54) is 5.56 Å². The number of nitrogens with one attached hydrogen (secondary N) is 1. The molecule has 1 N–H and O–H groups in total. The van der Waals surface area contributed by atoms with Crippen LogP contribution < -0.4 is 5.32 Å². The molecule has 2 rings (SSSR count). The van der Waals surface area contributed by atoms with E-state index < -0.39 is 0 Å². The average Bonchev–Trinajstić information content (AvgIpc) is 2.73. The van der Waals surface area contributed by atoms with Crippen LogP contribution in [0.2, 0.25) is 0 Å². The van der Waals surface area contributed by atoms with Gasteiger partial charge in [-0.1, -0.05) is 34.1 Å². The zero-order valence-electron chi connectivity index (χ0n) is 9.89. The van der Waals surface area contributed by atoms with Crippen LogP contribution in [0.4, 0.5) is 0 Å². The molecule has 1 aromatic carbocycles. The molecule has 4 nitrogen and oxygen atoms in total. The molecule has 0 saturated heterocycles. The van der Waals surface area contributed by atoms with Crippen molar-refractivity contribution < 1.29 is 0 Å². The number of nitrogens with zero attached hydrogens (tertiary/aromatic N) is 3. The van der Waals surface area contributed by atoms with Gasteiger partial charge >= 0.3 is 0 Å². The predicted molar refractivity (Wildman–Crippen MR) is 70.4 cm³/mol. The van der Waals surface area contributed by atoms with Crippen LogP contribution >= 0.6 is 15.9 Å². The van der Waals surface area contributed by atoms with Crippen molar-refractivity contribution in [1.29, 1.82) is 0 Å². The van der Waals surface area contributed by atoms with E-state index in [0.29, 0.717) is 6.54 Å². The van der Waals surface area contributed by atoms with Gasteiger partial charge in [0.05, 0.1) is 6.54 Å². The van der Waals surface area contributed by atoms with Gasteiger partial charge in [-0.25, -0.2) is 4.98 Å². The summed E-state index contributed by atoms with van der Waals surface area (Å²) in [6.07, 6.45) is 1.71. The summed E-state index contributed by atoms with van der Waals surface area (Å²) in [4.78, 5) is 4.18. The minimum atomic E-state index is 0.259. The summed E-state index contributed by atoms with van der Waals surface area (Å²) < 4.78 is 2.83. The molecule has 2 aromatic rings. The number of aryl methyl sites for hydroxylation is 1. The highest BCUT2D eigenvalue weighted by Crippen LogP contribution is 2.22. The van der Waals surface area contributed by atoms with Crippen LogP contribution in [0.5, 0.6) is 0 Å². The Morgan fingerprint density at radius 3 is 2.82 bits per heavy atom. The molecular weight excluding hydrogens is 280 g/mol. The SMILES string of the molecule is CC(NCc1ncn(C)n1)c1ccccc1Br. The summed E-state index contributed by atoms with van der Waals surface area (Å²) in [5, 5.41) is 7.63. The normalized spacial score (nSPS) is 12.6. The molecule has 0 saturated carbocycles. The summed E-state index contributed by atoms with van der Waals surface area (Å²) in [5.74, 6) is 0.811. The van der Waals surface area contributed by atoms with Crippen LogP contribution in [0.3, 0.4) is 0 Å². The fourth-order valence-corrected chi connectivity index (χ4v) is 2.27. The van der Waals surface area contributed by atoms with Gasteiger partial charge in [-0.2, -0.15) is 5.10 Å². The molecule has 1 unspecified atom stereocenters. The molecule has 0 aliphatic carbocycles. The third kappa shape index (κ3) is 3.14. The summed E-state index contributed by atoms with van der Waals surface area (Å²) in [6, 6.07) is 8.47. The van der Waals surface area contributed by atoms with E-state index in [0.717, 1.165) is 10.3 Å². The monoisotopic (exact) mass is 294 g/mol. The van der Waals surface area contributed by atoms with E-state index in [9.17, 15) is 0 Å². The third-order valence-corrected chi connectivity index (χ3v) is 3.31. The standard InChI is InChI=1S/C12H15BrN4/c1-9(10-5-3-4-6-11(10)13)14-7-12-15-8-17(2)16-12/h3-6,8-9,14H,7H2,1-2H3. The average molecular weight is 295 g/mol. The fraction of sp³-hybridized carbons (Fsp3) is 0.333. The minimum absolute atomic E-state index is 0.259. The lowest BCUT2D eigenvalue weighted by Gasteiger charge is -2.14. The lowest BCUT2D eigenvalue weighted by atomic mass is 10.1. The molecule has 0 radical (unpaired) electrons. The van der Waals surface area contributed by atoms with Crippen molar-refractivity contribution in [2.45, 2.75) is 19.5 Å². The number of hydrogen-bond donors (Lipinski definition) is 1. The second kappa shape index (κ2) is 5.42. The Bertz CT molecular complexity index is 495. The van der Waals surface area contributed by atoms with Crippen LogP contribution in [-0.4, -0.2) is 14.8 Å². The van der Waals surface area contributed by atoms with Gasteiger partial charge in [0, 0.05) is 17.6 Å². The number of benzene rings is 1. The van der Waals surface area contributed by atoms with Crippen molar-refractivity contribution in [3.63, 3.8) is 0 Å². The molecule has 90 valence electrons. The van der Waals surface area contributed by atoms with Crippen molar-refractivity contribution in [2.75, 3.05) is 0 Å². The van der Waals surface area contributed by atoms with E-state index in [2.05, 4.69) is 44.3 Å². The summed E-state index contributed by atoms with van der Waals surface area (Å²) in [7, 11) is 1.87. The van der Waals surface area contributed by atoms with Gasteiger partial charge in [0.2, 0.25) is 0 Å². The first kappa shape index (κ1) is 12.3. The molecular formula is C12H15BrN4. The van der Waals surface area contributed by atoms with E-state index in [1.807, 2.05) is 25.2 Å². The maximum atomic E-state index is 4.23. The molecule has 1 heterocycles. The number of aromatic nitrogens is 3. The molecule has 0 aliphatic rings. The Morgan fingerprint density at radius 1 is 1.41 bits per heavy atom. The van der Waals surface area contributed by atoms with Crippen LogP contribution in [0.1, 0.15) is 24.4 Å². The first-order valence-electron chi connectivity index (χ1n) is 5.49. The lowest BCUT2D eigenvalue weighted by Crippen LogP contribution is -2.19. The van der Waals surface area contributed by atoms with E-state index in [4.69, 9.17) is 0 Å². The summed E-state index contributed by atoms with van der Waals surface area (Å²) in [5.41, 5.74) is 1.24. The minimum Gasteiger partial charge on any atom is -0.303 e. The highest BCUT2D eigenvalue weighted by molar-refractivity contribution is 9.10. The molecule has 0 bridgehead atoms. The number of halogens is 1. The van der Waals surface area contributed by atoms with Crippen LogP contribution in [0, 0.1) is 0 Å². The quantitative estimate of drug-likeness (QED) is 0.942. The zero-order valence-corrected chi connectivity index (χ0v) is 11.5. The van der Waals surface area contributed by atoms with Crippen LogP contribution in [0.15, 0.2) is 35.1 Å². The smallest absolute Gasteiger partial charge is 0.164 e. The number of rotatable bonds is 4. The van der Waals surface area contributed by atoms with Crippen molar-refractivity contribution in [3.8, 4) is 0 Å². The van der Waals surface area contributed by atoms with Crippen molar-refractivity contribution in [1.82, 2.24) is 20.1 Å². The maximum absolute atomic E-state index is 4.23. The van der Waals surface area contributed by atoms with Crippen LogP contribution in [0.25, 0.3) is 0 Å². The van der Waals surface area contributed by atoms with Crippen molar-refractivity contribution in [2.24, 2.45) is 7.05 Å². The van der Waals surface area contributed by atoms with Gasteiger partial charge in [0.1, 0.15) is 6.33 Å². The summed E-state index contributed by atoms with van der Waals surface area (Å²) in [6.45, 7) is 2.80. The van der Waals surface area contributed by atoms with Crippen LogP contribution in [-0.2, 0) is 13.6 Å². The fourth-order valence-electron chi connectivity index (χ4n) is 1.65. The molecule has 1 atom stereocenters. The Hall–Kier alpha value is -1.20. The van der Waals surface area contributed by atoms with Gasteiger partial charge in [-0.3, -0.25) is 4.68 Å². The third-order valence-electron chi connectivity index (χ3n) is 2.59. The molecule has 0 amide bonds. The predicted octanol–water partition coefficient (Wildman–Crippen LogP) is 2.43. The molecule has 1 aromatic heterocycles. The van der Waals surface area contributed by atoms with Crippen molar-refractivity contribution >= 4 is 15.9 Å². The second-order valence-corrected chi connectivity index (χ2v) is 4.81. The Morgan fingerprint density at radius 2 is 2.18 bits per heavy atom. The largest absolute Gasteiger partial charge is 0.303 e. The van der Waals surface area contributed by atoms with Gasteiger partial charge in [0.25, 0.3) is 0 Å². The van der Waals surface area contributed by atoms with Gasteiger partial charge < -0.3 is 5.32 Å². The first-order valence-corrected chi connectivity index (χ1v) is 6.28.